The number of sulfonamides is 1. The highest BCUT2D eigenvalue weighted by Gasteiger charge is 2.35. The summed E-state index contributed by atoms with van der Waals surface area (Å²) in [5.41, 5.74) is 0. The average molecular weight is 390 g/mol. The second-order valence-corrected chi connectivity index (χ2v) is 9.51. The predicted molar refractivity (Wildman–Crippen MR) is 97.5 cm³/mol. The predicted octanol–water partition coefficient (Wildman–Crippen LogP) is 0.778. The van der Waals surface area contributed by atoms with E-state index >= 15 is 0 Å². The zero-order valence-corrected chi connectivity index (χ0v) is 16.5. The third-order valence-corrected chi connectivity index (χ3v) is 6.58. The summed E-state index contributed by atoms with van der Waals surface area (Å²) in [7, 11) is -1.47. The van der Waals surface area contributed by atoms with Gasteiger partial charge in [0.25, 0.3) is 0 Å². The first-order valence-corrected chi connectivity index (χ1v) is 11.4. The molecule has 1 N–H and O–H groups in total. The highest BCUT2D eigenvalue weighted by atomic mass is 32.2. The number of hydrogen-bond donors (Lipinski definition) is 1. The fraction of sp³-hybridized carbons (Fsp3) is 0.941. The lowest BCUT2D eigenvalue weighted by Crippen LogP contribution is -2.58. The van der Waals surface area contributed by atoms with Gasteiger partial charge in [0.15, 0.2) is 0 Å². The van der Waals surface area contributed by atoms with Crippen molar-refractivity contribution in [1.29, 1.82) is 0 Å². The molecule has 2 atom stereocenters. The number of rotatable bonds is 2. The van der Waals surface area contributed by atoms with Crippen molar-refractivity contribution in [2.45, 2.75) is 62.8 Å². The molecule has 1 aliphatic carbocycles. The van der Waals surface area contributed by atoms with E-state index in [-0.39, 0.29) is 30.3 Å². The summed E-state index contributed by atoms with van der Waals surface area (Å²) in [6, 6.07) is 0.0114. The zero-order valence-electron chi connectivity index (χ0n) is 15.7. The molecule has 1 unspecified atom stereocenters. The molecule has 9 heteroatoms. The second kappa shape index (κ2) is 8.41. The van der Waals surface area contributed by atoms with E-state index in [4.69, 9.17) is 9.47 Å². The quantitative estimate of drug-likeness (QED) is 0.751. The summed E-state index contributed by atoms with van der Waals surface area (Å²) >= 11 is 0. The maximum atomic E-state index is 12.3. The highest BCUT2D eigenvalue weighted by Crippen LogP contribution is 2.27. The smallest absolute Gasteiger partial charge is 0.409 e. The maximum absolute atomic E-state index is 12.3. The molecule has 26 heavy (non-hydrogen) atoms. The molecule has 150 valence electrons. The number of nitrogens with one attached hydrogen (secondary N) is 1. The van der Waals surface area contributed by atoms with Crippen molar-refractivity contribution in [3.8, 4) is 0 Å². The number of piperidine rings is 1. The third-order valence-electron chi connectivity index (χ3n) is 5.85. The Morgan fingerprint density at radius 3 is 2.54 bits per heavy atom. The van der Waals surface area contributed by atoms with Gasteiger partial charge in [-0.1, -0.05) is 0 Å². The van der Waals surface area contributed by atoms with Crippen molar-refractivity contribution in [2.24, 2.45) is 0 Å². The molecule has 0 spiro atoms. The highest BCUT2D eigenvalue weighted by molar-refractivity contribution is 7.88. The Labute approximate surface area is 156 Å². The number of fused-ring (bicyclic) bond motifs is 7. The molecule has 2 bridgehead atoms. The van der Waals surface area contributed by atoms with Gasteiger partial charge >= 0.3 is 6.09 Å². The number of amides is 1. The first-order valence-electron chi connectivity index (χ1n) is 9.56. The maximum Gasteiger partial charge on any atom is 0.409 e. The summed E-state index contributed by atoms with van der Waals surface area (Å²) in [5.74, 6) is 0. The number of carbonyl (C=O) groups is 1. The SMILES string of the molecule is CN1C(=O)OCCN2CCC[C@H](NS(C)(=O)=O)C2COC2CCC1CC2. The van der Waals surface area contributed by atoms with Crippen LogP contribution in [0.3, 0.4) is 0 Å². The minimum atomic E-state index is -3.28. The van der Waals surface area contributed by atoms with Gasteiger partial charge in [0.05, 0.1) is 19.0 Å². The van der Waals surface area contributed by atoms with Gasteiger partial charge in [0.2, 0.25) is 10.0 Å². The van der Waals surface area contributed by atoms with Crippen LogP contribution in [0.2, 0.25) is 0 Å². The number of carbonyl (C=O) groups excluding carboxylic acids is 1. The number of hydrogen-bond acceptors (Lipinski definition) is 6. The molecule has 3 saturated heterocycles. The van der Waals surface area contributed by atoms with E-state index in [1.807, 2.05) is 7.05 Å². The lowest BCUT2D eigenvalue weighted by atomic mass is 9.92. The number of ether oxygens (including phenoxy) is 2. The molecule has 4 fully saturated rings. The van der Waals surface area contributed by atoms with Crippen molar-refractivity contribution in [2.75, 3.05) is 39.6 Å². The molecular weight excluding hydrogens is 358 g/mol. The molecule has 4 aliphatic rings. The molecule has 3 heterocycles. The monoisotopic (exact) mass is 389 g/mol. The van der Waals surface area contributed by atoms with Crippen molar-refractivity contribution < 1.29 is 22.7 Å². The van der Waals surface area contributed by atoms with Crippen LogP contribution in [-0.2, 0) is 19.5 Å². The van der Waals surface area contributed by atoms with Crippen LogP contribution in [0.4, 0.5) is 4.79 Å². The number of nitrogens with zero attached hydrogens (tertiary/aromatic N) is 2. The first-order chi connectivity index (χ1) is 12.3. The first kappa shape index (κ1) is 19.9. The van der Waals surface area contributed by atoms with Gasteiger partial charge in [0, 0.05) is 31.7 Å². The summed E-state index contributed by atoms with van der Waals surface area (Å²) in [6.07, 6.45) is 6.47. The van der Waals surface area contributed by atoms with Gasteiger partial charge in [-0.15, -0.1) is 0 Å². The molecule has 1 saturated carbocycles. The van der Waals surface area contributed by atoms with Gasteiger partial charge in [-0.3, -0.25) is 4.90 Å². The summed E-state index contributed by atoms with van der Waals surface area (Å²) in [4.78, 5) is 16.2. The Morgan fingerprint density at radius 1 is 1.12 bits per heavy atom. The van der Waals surface area contributed by atoms with Crippen molar-refractivity contribution in [3.63, 3.8) is 0 Å². The molecule has 0 aromatic rings. The Balaban J connectivity index is 1.74. The lowest BCUT2D eigenvalue weighted by molar-refractivity contribution is -0.0305. The van der Waals surface area contributed by atoms with Crippen LogP contribution >= 0.6 is 0 Å². The summed E-state index contributed by atoms with van der Waals surface area (Å²) in [6.45, 7) is 2.26. The van der Waals surface area contributed by atoms with Gasteiger partial charge in [-0.05, 0) is 45.1 Å². The van der Waals surface area contributed by atoms with Gasteiger partial charge in [-0.2, -0.15) is 0 Å². The molecule has 3 aliphatic heterocycles. The van der Waals surface area contributed by atoms with Crippen LogP contribution in [0.5, 0.6) is 0 Å². The Bertz CT molecular complexity index is 591. The molecule has 0 radical (unpaired) electrons. The largest absolute Gasteiger partial charge is 0.448 e. The van der Waals surface area contributed by atoms with E-state index in [9.17, 15) is 13.2 Å². The van der Waals surface area contributed by atoms with Crippen LogP contribution in [0.1, 0.15) is 38.5 Å². The normalized spacial score (nSPS) is 35.0. The van der Waals surface area contributed by atoms with E-state index in [0.29, 0.717) is 19.8 Å². The van der Waals surface area contributed by atoms with Gasteiger partial charge in [0.1, 0.15) is 6.61 Å². The van der Waals surface area contributed by atoms with Crippen LogP contribution in [0, 0.1) is 0 Å². The van der Waals surface area contributed by atoms with E-state index in [0.717, 1.165) is 45.1 Å². The van der Waals surface area contributed by atoms with Crippen molar-refractivity contribution in [3.05, 3.63) is 0 Å². The Hall–Kier alpha value is -0.900. The van der Waals surface area contributed by atoms with E-state index < -0.39 is 10.0 Å². The standard InChI is InChI=1S/C17H31N3O5S/c1-19-13-5-7-14(8-6-13)25-12-16-15(18-26(2,22)23)4-3-9-20(16)10-11-24-17(19)21/h13-16,18H,3-12H2,1-2H3/t13?,14?,15-,16?/m0/s1. The summed E-state index contributed by atoms with van der Waals surface area (Å²) < 4.78 is 38.0. The van der Waals surface area contributed by atoms with Gasteiger partial charge in [-0.25, -0.2) is 17.9 Å². The Morgan fingerprint density at radius 2 is 1.85 bits per heavy atom. The third kappa shape index (κ3) is 5.09. The minimum Gasteiger partial charge on any atom is -0.448 e. The molecular formula is C17H31N3O5S. The van der Waals surface area contributed by atoms with E-state index in [2.05, 4.69) is 9.62 Å². The molecule has 4 rings (SSSR count). The fourth-order valence-corrected chi connectivity index (χ4v) is 5.20. The molecule has 8 nitrogen and oxygen atoms in total. The lowest BCUT2D eigenvalue weighted by Gasteiger charge is -2.41. The molecule has 0 aromatic carbocycles. The van der Waals surface area contributed by atoms with E-state index in [1.54, 1.807) is 4.90 Å². The average Bonchev–Trinajstić information content (AvgIpc) is 2.60. The van der Waals surface area contributed by atoms with Crippen LogP contribution in [-0.4, -0.2) is 88.1 Å². The molecule has 1 amide bonds. The van der Waals surface area contributed by atoms with Gasteiger partial charge < -0.3 is 14.4 Å². The fourth-order valence-electron chi connectivity index (χ4n) is 4.37. The van der Waals surface area contributed by atoms with Crippen molar-refractivity contribution >= 4 is 16.1 Å². The zero-order chi connectivity index (χ0) is 18.7. The van der Waals surface area contributed by atoms with Crippen molar-refractivity contribution in [1.82, 2.24) is 14.5 Å². The van der Waals surface area contributed by atoms with Crippen LogP contribution in [0.15, 0.2) is 0 Å². The molecule has 0 aromatic heterocycles. The van der Waals surface area contributed by atoms with E-state index in [1.165, 1.54) is 6.26 Å². The van der Waals surface area contributed by atoms with Crippen LogP contribution in [0.25, 0.3) is 0 Å². The summed E-state index contributed by atoms with van der Waals surface area (Å²) in [5, 5.41) is 0. The second-order valence-electron chi connectivity index (χ2n) is 7.73. The van der Waals surface area contributed by atoms with Crippen LogP contribution < -0.4 is 4.72 Å². The Kier molecular flexibility index (Phi) is 6.42. The minimum absolute atomic E-state index is 0.0339. The topological polar surface area (TPSA) is 88.2 Å².